The highest BCUT2D eigenvalue weighted by Gasteiger charge is 2.50. The quantitative estimate of drug-likeness (QED) is 0.140. The summed E-state index contributed by atoms with van der Waals surface area (Å²) in [6.07, 6.45) is 0. The van der Waals surface area contributed by atoms with E-state index in [9.17, 15) is 0 Å². The summed E-state index contributed by atoms with van der Waals surface area (Å²) < 4.78 is 0. The van der Waals surface area contributed by atoms with Gasteiger partial charge in [0.2, 0.25) is 0 Å². The largest absolute Gasteiger partial charge is 0.311 e. The van der Waals surface area contributed by atoms with Crippen LogP contribution in [-0.4, -0.2) is 6.71 Å². The van der Waals surface area contributed by atoms with Gasteiger partial charge in [-0.2, -0.15) is 0 Å². The molecule has 0 saturated carbocycles. The van der Waals surface area contributed by atoms with Gasteiger partial charge in [0, 0.05) is 34.1 Å². The van der Waals surface area contributed by atoms with Crippen LogP contribution in [0.1, 0.15) is 124 Å². The Bertz CT molecular complexity index is 4800. The second kappa shape index (κ2) is 21.5. The van der Waals surface area contributed by atoms with Crippen molar-refractivity contribution in [3.8, 4) is 44.5 Å². The molecule has 0 saturated heterocycles. The van der Waals surface area contributed by atoms with Crippen LogP contribution in [0.15, 0.2) is 303 Å². The van der Waals surface area contributed by atoms with E-state index >= 15 is 0 Å². The van der Waals surface area contributed by atoms with E-state index < -0.39 is 10.8 Å². The molecule has 4 aliphatic rings. The summed E-state index contributed by atoms with van der Waals surface area (Å²) in [7, 11) is 0. The molecule has 2 aliphatic heterocycles. The van der Waals surface area contributed by atoms with Crippen LogP contribution < -0.4 is 26.2 Å². The van der Waals surface area contributed by atoms with Crippen LogP contribution in [0.4, 0.5) is 34.1 Å². The molecule has 0 bridgehead atoms. The molecule has 3 heteroatoms. The fourth-order valence-electron chi connectivity index (χ4n) is 17.0. The third-order valence-corrected chi connectivity index (χ3v) is 21.5. The Morgan fingerprint density at radius 2 is 0.579 bits per heavy atom. The highest BCUT2D eigenvalue weighted by atomic mass is 15.2. The third-order valence-electron chi connectivity index (χ3n) is 21.5. The van der Waals surface area contributed by atoms with Crippen LogP contribution >= 0.6 is 0 Å². The van der Waals surface area contributed by atoms with E-state index in [1.54, 1.807) is 0 Å². The fraction of sp³-hybridized carbons (Fsp3) is 0.152. The molecule has 0 N–H and O–H groups in total. The number of rotatable bonds is 8. The Balaban J connectivity index is 0.897. The summed E-state index contributed by atoms with van der Waals surface area (Å²) in [6.45, 7) is 21.2. The number of benzene rings is 13. The lowest BCUT2D eigenvalue weighted by molar-refractivity contribution is 0.590. The summed E-state index contributed by atoms with van der Waals surface area (Å²) >= 11 is 0. The van der Waals surface area contributed by atoms with Gasteiger partial charge < -0.3 is 9.80 Å². The smallest absolute Gasteiger partial charge is 0.252 e. The Morgan fingerprint density at radius 1 is 0.263 bits per heavy atom. The predicted molar refractivity (Wildman–Crippen MR) is 402 cm³/mol. The van der Waals surface area contributed by atoms with E-state index in [2.05, 4.69) is 375 Å². The first-order valence-electron chi connectivity index (χ1n) is 34.0. The Labute approximate surface area is 562 Å². The van der Waals surface area contributed by atoms with Gasteiger partial charge in [-0.15, -0.1) is 0 Å². The number of fused-ring (bicyclic) bond motifs is 10. The molecule has 95 heavy (non-hydrogen) atoms. The number of hydrogen-bond acceptors (Lipinski definition) is 2. The average molecular weight is 1220 g/mol. The zero-order valence-corrected chi connectivity index (χ0v) is 55.8. The van der Waals surface area contributed by atoms with Crippen LogP contribution in [0.2, 0.25) is 0 Å². The second-order valence-electron chi connectivity index (χ2n) is 29.9. The molecule has 0 radical (unpaired) electrons. The summed E-state index contributed by atoms with van der Waals surface area (Å²) in [5.74, 6) is 0. The molecule has 13 aromatic carbocycles. The summed E-state index contributed by atoms with van der Waals surface area (Å²) in [5, 5.41) is 0. The molecule has 2 aliphatic carbocycles. The van der Waals surface area contributed by atoms with Gasteiger partial charge in [-0.3, -0.25) is 0 Å². The predicted octanol–water partition coefficient (Wildman–Crippen LogP) is 21.7. The highest BCUT2D eigenvalue weighted by molar-refractivity contribution is 7.00. The fourth-order valence-corrected chi connectivity index (χ4v) is 17.0. The molecule has 458 valence electrons. The van der Waals surface area contributed by atoms with Gasteiger partial charge in [0.15, 0.2) is 0 Å². The van der Waals surface area contributed by atoms with Crippen LogP contribution in [0, 0.1) is 0 Å². The topological polar surface area (TPSA) is 6.48 Å². The van der Waals surface area contributed by atoms with E-state index in [4.69, 9.17) is 0 Å². The van der Waals surface area contributed by atoms with Gasteiger partial charge in [-0.05, 0) is 187 Å². The first kappa shape index (κ1) is 58.4. The van der Waals surface area contributed by atoms with Gasteiger partial charge in [0.1, 0.15) is 0 Å². The van der Waals surface area contributed by atoms with Gasteiger partial charge in [0.05, 0.1) is 10.8 Å². The first-order valence-corrected chi connectivity index (χ1v) is 34.0. The van der Waals surface area contributed by atoms with Gasteiger partial charge in [-0.1, -0.05) is 317 Å². The van der Waals surface area contributed by atoms with Crippen LogP contribution in [0.25, 0.3) is 44.5 Å². The van der Waals surface area contributed by atoms with Gasteiger partial charge in [0.25, 0.3) is 6.71 Å². The second-order valence-corrected chi connectivity index (χ2v) is 29.9. The average Bonchev–Trinajstić information content (AvgIpc) is 1.64. The minimum absolute atomic E-state index is 0.0584. The lowest BCUT2D eigenvalue weighted by atomic mass is 9.33. The Kier molecular flexibility index (Phi) is 13.2. The lowest BCUT2D eigenvalue weighted by Gasteiger charge is -2.46. The maximum absolute atomic E-state index is 2.65. The molecular weight excluding hydrogens is 1140 g/mol. The molecule has 2 nitrogen and oxygen atoms in total. The Morgan fingerprint density at radius 3 is 0.947 bits per heavy atom. The maximum Gasteiger partial charge on any atom is 0.252 e. The van der Waals surface area contributed by atoms with Crippen molar-refractivity contribution in [2.45, 2.75) is 89.4 Å². The van der Waals surface area contributed by atoms with Crippen molar-refractivity contribution in [1.82, 2.24) is 0 Å². The van der Waals surface area contributed by atoms with Crippen LogP contribution in [0.5, 0.6) is 0 Å². The zero-order valence-electron chi connectivity index (χ0n) is 55.8. The monoisotopic (exact) mass is 1220 g/mol. The van der Waals surface area contributed by atoms with E-state index in [-0.39, 0.29) is 23.0 Å². The van der Waals surface area contributed by atoms with Crippen molar-refractivity contribution >= 4 is 57.2 Å². The van der Waals surface area contributed by atoms with Crippen LogP contribution in [0.3, 0.4) is 0 Å². The lowest BCUT2D eigenvalue weighted by Crippen LogP contribution is -2.61. The zero-order chi connectivity index (χ0) is 64.8. The summed E-state index contributed by atoms with van der Waals surface area (Å²) in [4.78, 5) is 5.29. The molecule has 0 fully saturated rings. The van der Waals surface area contributed by atoms with Crippen LogP contribution in [-0.2, 0) is 27.1 Å². The Hall–Kier alpha value is -10.5. The number of anilines is 6. The molecule has 0 amide bonds. The number of hydrogen-bond donors (Lipinski definition) is 0. The van der Waals surface area contributed by atoms with Gasteiger partial charge >= 0.3 is 0 Å². The van der Waals surface area contributed by atoms with E-state index in [1.807, 2.05) is 0 Å². The number of nitrogens with zero attached hydrogens (tertiary/aromatic N) is 2. The molecule has 13 aromatic rings. The third kappa shape index (κ3) is 8.77. The van der Waals surface area contributed by atoms with Crippen molar-refractivity contribution in [3.63, 3.8) is 0 Å². The van der Waals surface area contributed by atoms with E-state index in [1.165, 1.54) is 145 Å². The summed E-state index contributed by atoms with van der Waals surface area (Å²) in [6, 6.07) is 116. The standard InChI is InChI=1S/C92H77BN2/c1-88(2,3)66-50-52-79-81(56-66)94(69-40-26-30-60(54-69)71-44-28-48-77-85(71)73-42-22-24-46-75(73)91(77,62-32-14-10-15-33-62)63-34-16-11-17-35-63)83-58-68(90(7,8)9)59-84-87(83)93(79)80-53-51-67(89(4,5)6)57-82(80)95(84)70-41-27-31-61(55-70)72-45-29-49-78-86(72)74-43-23-25-47-76(74)92(78,64-36-18-12-19-37-64)65-38-20-13-21-39-65/h10-59H,1-9H3. The molecule has 0 spiro atoms. The molecule has 0 atom stereocenters. The maximum atomic E-state index is 2.65. The highest BCUT2D eigenvalue weighted by Crippen LogP contribution is 2.61. The van der Waals surface area contributed by atoms with Gasteiger partial charge in [-0.25, -0.2) is 0 Å². The van der Waals surface area contributed by atoms with Crippen molar-refractivity contribution in [2.24, 2.45) is 0 Å². The SMILES string of the molecule is CC(C)(C)c1ccc2c(c1)N(c1cccc(-c3cccc4c3-c3ccccc3C4(c3ccccc3)c3ccccc3)c1)c1cc(C(C)(C)C)cc3c1B2c1ccc(C(C)(C)C)cc1N3c1cccc(-c2cccc3c2-c2ccccc2C3(c2ccccc2)c2ccccc2)c1. The first-order chi connectivity index (χ1) is 46.0. The minimum atomic E-state index is -0.517. The van der Waals surface area contributed by atoms with E-state index in [0.717, 1.165) is 11.4 Å². The van der Waals surface area contributed by atoms with Crippen molar-refractivity contribution < 1.29 is 0 Å². The van der Waals surface area contributed by atoms with Crippen molar-refractivity contribution in [2.75, 3.05) is 9.80 Å². The van der Waals surface area contributed by atoms with E-state index in [0.29, 0.717) is 0 Å². The van der Waals surface area contributed by atoms with Crippen molar-refractivity contribution in [1.29, 1.82) is 0 Å². The molecule has 0 unspecified atom stereocenters. The minimum Gasteiger partial charge on any atom is -0.311 e. The molecule has 2 heterocycles. The molecular formula is C92H77BN2. The summed E-state index contributed by atoms with van der Waals surface area (Å²) in [5.41, 5.74) is 33.7. The molecule has 17 rings (SSSR count). The molecule has 0 aromatic heterocycles. The normalized spacial score (nSPS) is 14.5. The van der Waals surface area contributed by atoms with Crippen molar-refractivity contribution in [3.05, 3.63) is 365 Å².